The summed E-state index contributed by atoms with van der Waals surface area (Å²) in [6, 6.07) is 6.61. The molecule has 1 aliphatic heterocycles. The summed E-state index contributed by atoms with van der Waals surface area (Å²) < 4.78 is 28.3. The van der Waals surface area contributed by atoms with E-state index in [1.165, 1.54) is 16.8 Å². The number of carbonyl (C=O) groups is 1. The molecule has 0 unspecified atom stereocenters. The van der Waals surface area contributed by atoms with E-state index < -0.39 is 10.0 Å². The third-order valence-electron chi connectivity index (χ3n) is 4.10. The number of hydrogen-bond donors (Lipinski definition) is 1. The van der Waals surface area contributed by atoms with E-state index in [0.717, 1.165) is 0 Å². The Hall–Kier alpha value is -2.10. The number of amides is 2. The Morgan fingerprint density at radius 1 is 1.23 bits per heavy atom. The number of nitrogens with one attached hydrogen (secondary N) is 1. The van der Waals surface area contributed by atoms with E-state index in [0.29, 0.717) is 36.8 Å². The Bertz CT molecular complexity index is 899. The first-order valence-electron chi connectivity index (χ1n) is 8.16. The summed E-state index contributed by atoms with van der Waals surface area (Å²) in [7, 11) is -1.93. The molecular weight excluding hydrogens is 378 g/mol. The van der Waals surface area contributed by atoms with Gasteiger partial charge in [0.15, 0.2) is 5.03 Å². The highest BCUT2D eigenvalue weighted by Crippen LogP contribution is 2.18. The fourth-order valence-electron chi connectivity index (χ4n) is 2.76. The summed E-state index contributed by atoms with van der Waals surface area (Å²) in [6.07, 6.45) is 3.48. The summed E-state index contributed by atoms with van der Waals surface area (Å²) in [4.78, 5) is 18.0. The predicted octanol–water partition coefficient (Wildman–Crippen LogP) is 2.00. The average molecular weight is 398 g/mol. The van der Waals surface area contributed by atoms with Gasteiger partial charge in [-0.25, -0.2) is 18.2 Å². The second-order valence-corrected chi connectivity index (χ2v) is 8.38. The Morgan fingerprint density at radius 2 is 2.04 bits per heavy atom. The Morgan fingerprint density at radius 3 is 2.73 bits per heavy atom. The second kappa shape index (κ2) is 7.65. The van der Waals surface area contributed by atoms with Crippen LogP contribution in [-0.4, -0.2) is 59.4 Å². The summed E-state index contributed by atoms with van der Waals surface area (Å²) in [6.45, 7) is 1.35. The zero-order valence-corrected chi connectivity index (χ0v) is 15.9. The number of hydrogen-bond acceptors (Lipinski definition) is 4. The minimum Gasteiger partial charge on any atom is -0.339 e. The lowest BCUT2D eigenvalue weighted by Crippen LogP contribution is -2.39. The molecule has 26 heavy (non-hydrogen) atoms. The quantitative estimate of drug-likeness (QED) is 0.858. The van der Waals surface area contributed by atoms with Gasteiger partial charge >= 0.3 is 6.03 Å². The van der Waals surface area contributed by atoms with Crippen LogP contribution in [0.5, 0.6) is 0 Å². The van der Waals surface area contributed by atoms with Crippen molar-refractivity contribution in [3.05, 3.63) is 41.8 Å². The smallest absolute Gasteiger partial charge is 0.321 e. The average Bonchev–Trinajstić information content (AvgIpc) is 2.88. The molecule has 1 N–H and O–H groups in total. The van der Waals surface area contributed by atoms with Crippen molar-refractivity contribution >= 4 is 33.3 Å². The normalized spacial score (nSPS) is 16.3. The highest BCUT2D eigenvalue weighted by molar-refractivity contribution is 7.89. The lowest BCUT2D eigenvalue weighted by atomic mass is 10.3. The van der Waals surface area contributed by atoms with Gasteiger partial charge < -0.3 is 14.8 Å². The van der Waals surface area contributed by atoms with Crippen LogP contribution in [0.1, 0.15) is 6.42 Å². The van der Waals surface area contributed by atoms with Gasteiger partial charge in [-0.3, -0.25) is 0 Å². The van der Waals surface area contributed by atoms with Crippen LogP contribution in [0.2, 0.25) is 5.02 Å². The first-order valence-corrected chi connectivity index (χ1v) is 9.98. The SMILES string of the molecule is Cn1cnc(S(=O)(=O)N2CCCN(C(=O)Nc3cccc(Cl)c3)CC2)c1. The van der Waals surface area contributed by atoms with Gasteiger partial charge in [0.1, 0.15) is 0 Å². The molecule has 1 aliphatic rings. The van der Waals surface area contributed by atoms with Crippen molar-refractivity contribution in [1.29, 1.82) is 0 Å². The number of sulfonamides is 1. The van der Waals surface area contributed by atoms with E-state index >= 15 is 0 Å². The Labute approximate surface area is 157 Å². The van der Waals surface area contributed by atoms with Crippen molar-refractivity contribution in [2.75, 3.05) is 31.5 Å². The molecule has 10 heteroatoms. The van der Waals surface area contributed by atoms with Gasteiger partial charge in [0.05, 0.1) is 6.33 Å². The highest BCUT2D eigenvalue weighted by Gasteiger charge is 2.29. The molecule has 0 bridgehead atoms. The van der Waals surface area contributed by atoms with E-state index in [9.17, 15) is 13.2 Å². The molecule has 140 valence electrons. The zero-order chi connectivity index (χ0) is 18.7. The molecule has 1 aromatic heterocycles. The fraction of sp³-hybridized carbons (Fsp3) is 0.375. The van der Waals surface area contributed by atoms with E-state index in [1.807, 2.05) is 0 Å². The van der Waals surface area contributed by atoms with Gasteiger partial charge in [-0.2, -0.15) is 4.31 Å². The molecular formula is C16H20ClN5O3S. The molecule has 0 spiro atoms. The molecule has 0 radical (unpaired) electrons. The summed E-state index contributed by atoms with van der Waals surface area (Å²) in [5, 5.41) is 3.35. The van der Waals surface area contributed by atoms with E-state index in [2.05, 4.69) is 10.3 Å². The van der Waals surface area contributed by atoms with Crippen molar-refractivity contribution in [2.45, 2.75) is 11.4 Å². The Balaban J connectivity index is 1.65. The number of rotatable bonds is 3. The summed E-state index contributed by atoms with van der Waals surface area (Å²) in [5.74, 6) is 0. The molecule has 0 atom stereocenters. The van der Waals surface area contributed by atoms with E-state index in [-0.39, 0.29) is 17.6 Å². The van der Waals surface area contributed by atoms with Crippen LogP contribution in [0.3, 0.4) is 0 Å². The standard InChI is InChI=1S/C16H20ClN5O3S/c1-20-11-15(18-12-20)26(24,25)22-7-3-6-21(8-9-22)16(23)19-14-5-2-4-13(17)10-14/h2,4-5,10-12H,3,6-9H2,1H3,(H,19,23). The number of aromatic nitrogens is 2. The minimum absolute atomic E-state index is 0.0248. The fourth-order valence-corrected chi connectivity index (χ4v) is 4.39. The van der Waals surface area contributed by atoms with Crippen LogP contribution in [-0.2, 0) is 17.1 Å². The molecule has 8 nitrogen and oxygen atoms in total. The maximum atomic E-state index is 12.7. The molecule has 1 saturated heterocycles. The van der Waals surface area contributed by atoms with Crippen LogP contribution in [0, 0.1) is 0 Å². The molecule has 1 aromatic carbocycles. The second-order valence-electron chi connectivity index (χ2n) is 6.06. The van der Waals surface area contributed by atoms with Crippen LogP contribution < -0.4 is 5.32 Å². The van der Waals surface area contributed by atoms with Gasteiger partial charge in [0.2, 0.25) is 0 Å². The molecule has 0 aliphatic carbocycles. The van der Waals surface area contributed by atoms with E-state index in [4.69, 9.17) is 11.6 Å². The number of urea groups is 1. The molecule has 0 saturated carbocycles. The predicted molar refractivity (Wildman–Crippen MR) is 98.6 cm³/mol. The van der Waals surface area contributed by atoms with Gasteiger partial charge in [0, 0.05) is 50.1 Å². The van der Waals surface area contributed by atoms with Gasteiger partial charge in [0.25, 0.3) is 10.0 Å². The van der Waals surface area contributed by atoms with Gasteiger partial charge in [-0.05, 0) is 24.6 Å². The summed E-state index contributed by atoms with van der Waals surface area (Å²) in [5.41, 5.74) is 0.602. The molecule has 3 rings (SSSR count). The number of carbonyl (C=O) groups excluding carboxylic acids is 1. The molecule has 1 fully saturated rings. The van der Waals surface area contributed by atoms with Crippen molar-refractivity contribution < 1.29 is 13.2 Å². The molecule has 2 aromatic rings. The summed E-state index contributed by atoms with van der Waals surface area (Å²) >= 11 is 5.92. The van der Waals surface area contributed by atoms with Crippen LogP contribution in [0.25, 0.3) is 0 Å². The number of halogens is 1. The number of benzene rings is 1. The Kier molecular flexibility index (Phi) is 5.49. The largest absolute Gasteiger partial charge is 0.339 e. The maximum Gasteiger partial charge on any atom is 0.321 e. The third-order valence-corrected chi connectivity index (χ3v) is 6.12. The van der Waals surface area contributed by atoms with Crippen LogP contribution >= 0.6 is 11.6 Å². The van der Waals surface area contributed by atoms with Crippen LogP contribution in [0.4, 0.5) is 10.5 Å². The van der Waals surface area contributed by atoms with E-state index in [1.54, 1.807) is 40.8 Å². The highest BCUT2D eigenvalue weighted by atomic mass is 35.5. The van der Waals surface area contributed by atoms with Crippen molar-refractivity contribution in [1.82, 2.24) is 18.8 Å². The number of imidazole rings is 1. The van der Waals surface area contributed by atoms with Crippen molar-refractivity contribution in [3.63, 3.8) is 0 Å². The van der Waals surface area contributed by atoms with Crippen molar-refractivity contribution in [2.24, 2.45) is 7.05 Å². The number of aryl methyl sites for hydroxylation is 1. The topological polar surface area (TPSA) is 87.5 Å². The maximum absolute atomic E-state index is 12.7. The van der Waals surface area contributed by atoms with Gasteiger partial charge in [-0.15, -0.1) is 0 Å². The monoisotopic (exact) mass is 397 g/mol. The molecule has 2 amide bonds. The number of nitrogens with zero attached hydrogens (tertiary/aromatic N) is 4. The lowest BCUT2D eigenvalue weighted by molar-refractivity contribution is 0.214. The van der Waals surface area contributed by atoms with Crippen molar-refractivity contribution in [3.8, 4) is 0 Å². The first-order chi connectivity index (χ1) is 12.4. The molecule has 2 heterocycles. The lowest BCUT2D eigenvalue weighted by Gasteiger charge is -2.21. The minimum atomic E-state index is -3.65. The first kappa shape index (κ1) is 18.7. The number of anilines is 1. The zero-order valence-electron chi connectivity index (χ0n) is 14.3. The van der Waals surface area contributed by atoms with Gasteiger partial charge in [-0.1, -0.05) is 17.7 Å². The van der Waals surface area contributed by atoms with Crippen LogP contribution in [0.15, 0.2) is 41.8 Å². The third kappa shape index (κ3) is 4.17.